The van der Waals surface area contributed by atoms with Crippen LogP contribution in [0, 0.1) is 11.5 Å². The van der Waals surface area contributed by atoms with E-state index >= 15 is 0 Å². The van der Waals surface area contributed by atoms with Gasteiger partial charge < -0.3 is 25.8 Å². The number of halogens is 1. The van der Waals surface area contributed by atoms with Crippen LogP contribution in [0.25, 0.3) is 0 Å². The van der Waals surface area contributed by atoms with E-state index < -0.39 is 18.0 Å². The molecule has 0 aromatic heterocycles. The fraction of sp³-hybridized carbons (Fsp3) is 0.154. The van der Waals surface area contributed by atoms with E-state index in [-0.39, 0.29) is 0 Å². The van der Waals surface area contributed by atoms with Crippen molar-refractivity contribution in [2.24, 2.45) is 4.99 Å². The molecule has 10 heteroatoms. The molecule has 9 nitrogen and oxygen atoms in total. The lowest BCUT2D eigenvalue weighted by Crippen LogP contribution is -2.39. The van der Waals surface area contributed by atoms with Crippen LogP contribution >= 0.6 is 11.6 Å². The molecule has 1 saturated heterocycles. The lowest BCUT2D eigenvalue weighted by atomic mass is 10.1. The highest BCUT2D eigenvalue weighted by Crippen LogP contribution is 2.23. The zero-order valence-electron chi connectivity index (χ0n) is 19.5. The van der Waals surface area contributed by atoms with E-state index in [9.17, 15) is 9.59 Å². The Morgan fingerprint density at radius 2 is 1.58 bits per heavy atom. The third kappa shape index (κ3) is 5.92. The number of guanidine groups is 1. The smallest absolute Gasteiger partial charge is 0.320 e. The van der Waals surface area contributed by atoms with Crippen LogP contribution in [0.2, 0.25) is 5.02 Å². The average Bonchev–Trinajstić information content (AvgIpc) is 3.25. The lowest BCUT2D eigenvalue weighted by Gasteiger charge is -2.21. The van der Waals surface area contributed by atoms with Gasteiger partial charge in [0.2, 0.25) is 12.2 Å². The van der Waals surface area contributed by atoms with Gasteiger partial charge in [-0.15, -0.1) is 4.99 Å². The van der Waals surface area contributed by atoms with Crippen LogP contribution in [-0.2, 0) is 4.79 Å². The summed E-state index contributed by atoms with van der Waals surface area (Å²) in [7, 11) is 1.88. The summed E-state index contributed by atoms with van der Waals surface area (Å²) in [4.78, 5) is 33.6. The number of amides is 3. The molecular weight excluding hydrogens is 478 g/mol. The molecule has 1 fully saturated rings. The molecule has 0 aliphatic carbocycles. The summed E-state index contributed by atoms with van der Waals surface area (Å²) in [5.41, 5.74) is 2.60. The maximum absolute atomic E-state index is 13.2. The van der Waals surface area contributed by atoms with Crippen molar-refractivity contribution >= 4 is 46.6 Å². The fourth-order valence-electron chi connectivity index (χ4n) is 3.81. The first-order chi connectivity index (χ1) is 17.4. The first kappa shape index (κ1) is 24.6. The Balaban J connectivity index is 1.47. The van der Waals surface area contributed by atoms with Crippen molar-refractivity contribution in [3.8, 4) is 6.19 Å². The molecular formula is C26H24ClN7O2. The van der Waals surface area contributed by atoms with Gasteiger partial charge in [-0.05, 0) is 54.1 Å². The van der Waals surface area contributed by atoms with Crippen molar-refractivity contribution in [2.45, 2.75) is 6.04 Å². The zero-order chi connectivity index (χ0) is 25.5. The van der Waals surface area contributed by atoms with Gasteiger partial charge in [-0.3, -0.25) is 4.79 Å². The minimum absolute atomic E-state index is 0.396. The molecule has 1 aliphatic rings. The average molecular weight is 502 g/mol. The molecule has 3 aromatic carbocycles. The predicted octanol–water partition coefficient (Wildman–Crippen LogP) is 4.43. The quantitative estimate of drug-likeness (QED) is 0.432. The van der Waals surface area contributed by atoms with Crippen LogP contribution in [-0.4, -0.2) is 42.9 Å². The van der Waals surface area contributed by atoms with Crippen LogP contribution < -0.4 is 20.9 Å². The Bertz CT molecular complexity index is 1290. The minimum atomic E-state index is -0.931. The molecule has 0 saturated carbocycles. The maximum Gasteiger partial charge on any atom is 0.320 e. The molecule has 1 aliphatic heterocycles. The van der Waals surface area contributed by atoms with Gasteiger partial charge in [0.15, 0.2) is 0 Å². The van der Waals surface area contributed by atoms with Crippen LogP contribution in [0.4, 0.5) is 21.9 Å². The summed E-state index contributed by atoms with van der Waals surface area (Å²) < 4.78 is 0. The number of likely N-dealkylation sites (N-methyl/N-ethyl adjacent to an activating group) is 1. The van der Waals surface area contributed by atoms with Crippen LogP contribution in [0.1, 0.15) is 11.6 Å². The second-order valence-corrected chi connectivity index (χ2v) is 8.51. The number of rotatable bonds is 6. The van der Waals surface area contributed by atoms with Crippen LogP contribution in [0.5, 0.6) is 0 Å². The van der Waals surface area contributed by atoms with Gasteiger partial charge in [0.25, 0.3) is 5.91 Å². The third-order valence-corrected chi connectivity index (χ3v) is 5.86. The zero-order valence-corrected chi connectivity index (χ0v) is 20.2. The molecule has 182 valence electrons. The van der Waals surface area contributed by atoms with E-state index in [1.54, 1.807) is 60.7 Å². The summed E-state index contributed by atoms with van der Waals surface area (Å²) in [6, 6.07) is 21.4. The number of anilines is 3. The number of benzene rings is 3. The maximum atomic E-state index is 13.2. The molecule has 36 heavy (non-hydrogen) atoms. The highest BCUT2D eigenvalue weighted by atomic mass is 35.5. The van der Waals surface area contributed by atoms with Crippen molar-refractivity contribution < 1.29 is 9.59 Å². The fourth-order valence-corrected chi connectivity index (χ4v) is 3.93. The van der Waals surface area contributed by atoms with E-state index in [0.717, 1.165) is 12.2 Å². The summed E-state index contributed by atoms with van der Waals surface area (Å²) in [6.45, 7) is 1.45. The van der Waals surface area contributed by atoms with Gasteiger partial charge in [0, 0.05) is 42.2 Å². The van der Waals surface area contributed by atoms with Gasteiger partial charge in [-0.25, -0.2) is 4.79 Å². The molecule has 3 N–H and O–H groups in total. The Hall–Kier alpha value is -4.55. The van der Waals surface area contributed by atoms with Crippen molar-refractivity contribution in [2.75, 3.05) is 35.7 Å². The number of hydrogen-bond donors (Lipinski definition) is 3. The predicted molar refractivity (Wildman–Crippen MR) is 141 cm³/mol. The van der Waals surface area contributed by atoms with Crippen molar-refractivity contribution in [1.29, 1.82) is 5.26 Å². The van der Waals surface area contributed by atoms with Crippen LogP contribution in [0.3, 0.4) is 0 Å². The topological polar surface area (TPSA) is 113 Å². The Labute approximate surface area is 214 Å². The van der Waals surface area contributed by atoms with Crippen LogP contribution in [0.15, 0.2) is 83.9 Å². The summed E-state index contributed by atoms with van der Waals surface area (Å²) in [6.07, 6.45) is 1.84. The number of aliphatic imine (C=N–C) groups is 1. The second kappa shape index (κ2) is 11.3. The summed E-state index contributed by atoms with van der Waals surface area (Å²) in [5.74, 6) is 0.183. The van der Waals surface area contributed by atoms with Gasteiger partial charge in [0.05, 0.1) is 0 Å². The molecule has 1 atom stereocenters. The molecule has 0 radical (unpaired) electrons. The number of hydrogen-bond acceptors (Lipinski definition) is 4. The van der Waals surface area contributed by atoms with E-state index in [2.05, 4.69) is 20.9 Å². The van der Waals surface area contributed by atoms with E-state index in [1.807, 2.05) is 41.2 Å². The van der Waals surface area contributed by atoms with E-state index in [4.69, 9.17) is 16.9 Å². The molecule has 3 amide bonds. The monoisotopic (exact) mass is 501 g/mol. The Kier molecular flexibility index (Phi) is 7.68. The Morgan fingerprint density at radius 3 is 2.25 bits per heavy atom. The molecule has 0 bridgehead atoms. The number of carbonyl (C=O) groups excluding carboxylic acids is 2. The third-order valence-electron chi connectivity index (χ3n) is 5.61. The van der Waals surface area contributed by atoms with Crippen molar-refractivity contribution in [3.63, 3.8) is 0 Å². The molecule has 4 rings (SSSR count). The highest BCUT2D eigenvalue weighted by molar-refractivity contribution is 6.30. The number of nitrogens with zero attached hydrogens (tertiary/aromatic N) is 4. The number of carbonyl (C=O) groups is 2. The summed E-state index contributed by atoms with van der Waals surface area (Å²) in [5, 5.41) is 17.9. The molecule has 0 spiro atoms. The Morgan fingerprint density at radius 1 is 0.944 bits per heavy atom. The minimum Gasteiger partial charge on any atom is -0.343 e. The normalized spacial score (nSPS) is 14.8. The van der Waals surface area contributed by atoms with E-state index in [1.165, 1.54) is 0 Å². The van der Waals surface area contributed by atoms with Gasteiger partial charge in [-0.1, -0.05) is 41.9 Å². The van der Waals surface area contributed by atoms with Crippen molar-refractivity contribution in [3.05, 3.63) is 89.4 Å². The first-order valence-corrected chi connectivity index (χ1v) is 11.6. The standard InChI is InChI=1S/C26H24ClN7O2/c1-33-15-16-34(26(33)29-17-28)22-13-11-20(12-14-22)30-24(35)23(18-5-3-2-4-6-18)32-25(36)31-21-9-7-19(27)8-10-21/h2-14,23H,15-16H2,1H3,(H,30,35)(H2,31,32,36)/t23-/m1/s1. The van der Waals surface area contributed by atoms with E-state index in [0.29, 0.717) is 34.5 Å². The number of urea groups is 1. The number of nitriles is 1. The lowest BCUT2D eigenvalue weighted by molar-refractivity contribution is -0.118. The highest BCUT2D eigenvalue weighted by Gasteiger charge is 2.26. The largest absolute Gasteiger partial charge is 0.343 e. The van der Waals surface area contributed by atoms with Gasteiger partial charge in [-0.2, -0.15) is 5.26 Å². The summed E-state index contributed by atoms with van der Waals surface area (Å²) >= 11 is 5.90. The second-order valence-electron chi connectivity index (χ2n) is 8.07. The molecule has 1 heterocycles. The van der Waals surface area contributed by atoms with Gasteiger partial charge >= 0.3 is 6.03 Å². The molecule has 3 aromatic rings. The SMILES string of the molecule is CN1CCN(c2ccc(NC(=O)[C@H](NC(=O)Nc3ccc(Cl)cc3)c3ccccc3)cc2)C1=NC#N. The first-order valence-electron chi connectivity index (χ1n) is 11.2. The molecule has 0 unspecified atom stereocenters. The van der Waals surface area contributed by atoms with Crippen molar-refractivity contribution in [1.82, 2.24) is 10.2 Å². The number of nitrogens with one attached hydrogen (secondary N) is 3. The van der Waals surface area contributed by atoms with Gasteiger partial charge in [0.1, 0.15) is 6.04 Å².